The monoisotopic (exact) mass is 765 g/mol. The molecule has 0 spiro atoms. The summed E-state index contributed by atoms with van der Waals surface area (Å²) in [5.74, 6) is 1.57. The second-order valence-electron chi connectivity index (χ2n) is 12.8. The molecule has 0 bridgehead atoms. The number of rotatable bonds is 16. The fourth-order valence-electron chi connectivity index (χ4n) is 6.55. The Morgan fingerprint density at radius 1 is 0.981 bits per heavy atom. The molecule has 1 fully saturated rings. The van der Waals surface area contributed by atoms with E-state index >= 15 is 0 Å². The van der Waals surface area contributed by atoms with Crippen molar-refractivity contribution in [3.05, 3.63) is 75.8 Å². The lowest BCUT2D eigenvalue weighted by Gasteiger charge is -2.34. The maximum atomic E-state index is 13.7. The number of alkyl halides is 3. The minimum atomic E-state index is -4.37. The van der Waals surface area contributed by atoms with Crippen molar-refractivity contribution in [1.29, 1.82) is 0 Å². The summed E-state index contributed by atoms with van der Waals surface area (Å²) < 4.78 is 61.0. The minimum Gasteiger partial charge on any atom is -0.493 e. The third kappa shape index (κ3) is 9.94. The van der Waals surface area contributed by atoms with Crippen LogP contribution in [-0.4, -0.2) is 105 Å². The van der Waals surface area contributed by atoms with Gasteiger partial charge in [-0.1, -0.05) is 41.4 Å². The van der Waals surface area contributed by atoms with E-state index in [1.807, 2.05) is 41.0 Å². The Morgan fingerprint density at radius 3 is 2.31 bits per heavy atom. The van der Waals surface area contributed by atoms with Crippen LogP contribution in [0.5, 0.6) is 17.2 Å². The number of likely N-dealkylation sites (N-methyl/N-ethyl adjacent to an activating group) is 1. The number of anilines is 1. The number of methoxy groups -OCH3 is 3. The van der Waals surface area contributed by atoms with Crippen LogP contribution in [0.4, 0.5) is 19.1 Å². The Balaban J connectivity index is 1.22. The number of para-hydroxylation sites is 2. The first-order valence-corrected chi connectivity index (χ1v) is 17.7. The summed E-state index contributed by atoms with van der Waals surface area (Å²) in [7, 11) is 6.29. The smallest absolute Gasteiger partial charge is 0.411 e. The molecule has 1 atom stereocenters. The van der Waals surface area contributed by atoms with Crippen LogP contribution in [0, 0.1) is 0 Å². The molecule has 3 aromatic carbocycles. The van der Waals surface area contributed by atoms with Gasteiger partial charge >= 0.3 is 6.18 Å². The number of nitrogens with zero attached hydrogens (tertiary/aromatic N) is 4. The van der Waals surface area contributed by atoms with Crippen molar-refractivity contribution in [3.63, 3.8) is 0 Å². The van der Waals surface area contributed by atoms with Gasteiger partial charge in [0.05, 0.1) is 49.0 Å². The Labute approximate surface area is 311 Å². The zero-order valence-corrected chi connectivity index (χ0v) is 31.2. The lowest BCUT2D eigenvalue weighted by Crippen LogP contribution is -2.40. The van der Waals surface area contributed by atoms with Gasteiger partial charge in [-0.3, -0.25) is 4.79 Å². The number of likely N-dealkylation sites (tertiary alicyclic amines) is 1. The molecule has 1 aliphatic rings. The standard InChI is InChI=1S/C37H44Cl2F3N5O5/c1-45(35(48)26-20-32(49-2)34(51-4)33(21-26)50-3)22-25(24-9-10-28(38)29(39)19-24)11-14-46-15-12-27(13-16-46)43-36-44-30-7-5-6-8-31(30)47(36)17-18-52-23-37(40,41)42/h5-10,19-21,25,27H,11-18,22-23H2,1-4H3,(H,43,44). The van der Waals surface area contributed by atoms with Gasteiger partial charge in [0.15, 0.2) is 11.5 Å². The first-order chi connectivity index (χ1) is 24.9. The highest BCUT2D eigenvalue weighted by molar-refractivity contribution is 6.42. The van der Waals surface area contributed by atoms with Crippen molar-refractivity contribution < 1.29 is 36.9 Å². The number of carbonyl (C=O) groups is 1. The molecule has 1 saturated heterocycles. The lowest BCUT2D eigenvalue weighted by molar-refractivity contribution is -0.174. The Kier molecular flexibility index (Phi) is 13.4. The van der Waals surface area contributed by atoms with Gasteiger partial charge in [-0.25, -0.2) is 4.98 Å². The van der Waals surface area contributed by atoms with Crippen LogP contribution in [0.15, 0.2) is 54.6 Å². The maximum absolute atomic E-state index is 13.7. The second kappa shape index (κ2) is 17.7. The number of amides is 1. The van der Waals surface area contributed by atoms with E-state index in [9.17, 15) is 18.0 Å². The highest BCUT2D eigenvalue weighted by Gasteiger charge is 2.28. The molecule has 4 aromatic rings. The number of nitrogens with one attached hydrogen (secondary N) is 1. The van der Waals surface area contributed by atoms with E-state index in [0.29, 0.717) is 45.4 Å². The van der Waals surface area contributed by atoms with E-state index in [0.717, 1.165) is 55.5 Å². The maximum Gasteiger partial charge on any atom is 0.411 e. The van der Waals surface area contributed by atoms with Gasteiger partial charge < -0.3 is 38.6 Å². The van der Waals surface area contributed by atoms with Crippen LogP contribution in [-0.2, 0) is 11.3 Å². The molecule has 1 aliphatic heterocycles. The number of benzene rings is 3. The van der Waals surface area contributed by atoms with Gasteiger partial charge in [-0.15, -0.1) is 0 Å². The van der Waals surface area contributed by atoms with E-state index in [4.69, 9.17) is 47.1 Å². The molecule has 1 amide bonds. The number of piperidine rings is 1. The average molecular weight is 767 g/mol. The van der Waals surface area contributed by atoms with Crippen LogP contribution in [0.25, 0.3) is 11.0 Å². The summed E-state index contributed by atoms with van der Waals surface area (Å²) >= 11 is 12.7. The van der Waals surface area contributed by atoms with Gasteiger partial charge in [0.2, 0.25) is 11.7 Å². The molecule has 1 unspecified atom stereocenters. The van der Waals surface area contributed by atoms with Crippen LogP contribution in [0.2, 0.25) is 10.0 Å². The van der Waals surface area contributed by atoms with Crippen molar-refractivity contribution in [2.45, 2.75) is 43.9 Å². The molecule has 0 saturated carbocycles. The molecule has 2 heterocycles. The van der Waals surface area contributed by atoms with Gasteiger partial charge in [0, 0.05) is 50.7 Å². The Bertz CT molecular complexity index is 1790. The molecular formula is C37H44Cl2F3N5O5. The van der Waals surface area contributed by atoms with E-state index < -0.39 is 12.8 Å². The van der Waals surface area contributed by atoms with Gasteiger partial charge in [0.1, 0.15) is 6.61 Å². The first kappa shape index (κ1) is 39.3. The summed E-state index contributed by atoms with van der Waals surface area (Å²) in [6.07, 6.45) is -1.91. The molecule has 0 aliphatic carbocycles. The molecule has 15 heteroatoms. The number of imidazole rings is 1. The molecule has 0 radical (unpaired) electrons. The molecule has 282 valence electrons. The van der Waals surface area contributed by atoms with Gasteiger partial charge in [0.25, 0.3) is 5.91 Å². The topological polar surface area (TPSA) is 90.3 Å². The molecule has 5 rings (SSSR count). The predicted octanol–water partition coefficient (Wildman–Crippen LogP) is 7.77. The fraction of sp³-hybridized carbons (Fsp3) is 0.459. The molecule has 52 heavy (non-hydrogen) atoms. The van der Waals surface area contributed by atoms with Crippen molar-refractivity contribution in [2.24, 2.45) is 0 Å². The number of hydrogen-bond acceptors (Lipinski definition) is 8. The van der Waals surface area contributed by atoms with E-state index in [-0.39, 0.29) is 31.0 Å². The van der Waals surface area contributed by atoms with E-state index in [1.165, 1.54) is 21.3 Å². The quantitative estimate of drug-likeness (QED) is 0.116. The summed E-state index contributed by atoms with van der Waals surface area (Å²) in [5.41, 5.74) is 2.98. The third-order valence-electron chi connectivity index (χ3n) is 9.26. The molecular weight excluding hydrogens is 722 g/mol. The summed E-state index contributed by atoms with van der Waals surface area (Å²) in [4.78, 5) is 22.5. The summed E-state index contributed by atoms with van der Waals surface area (Å²) in [6, 6.07) is 16.6. The van der Waals surface area contributed by atoms with Gasteiger partial charge in [-0.2, -0.15) is 13.2 Å². The third-order valence-corrected chi connectivity index (χ3v) is 10.0. The Morgan fingerprint density at radius 2 is 1.67 bits per heavy atom. The van der Waals surface area contributed by atoms with Crippen molar-refractivity contribution >= 4 is 46.1 Å². The van der Waals surface area contributed by atoms with Crippen molar-refractivity contribution in [1.82, 2.24) is 19.4 Å². The number of hydrogen-bond donors (Lipinski definition) is 1. The normalized spacial score (nSPS) is 14.7. The number of fused-ring (bicyclic) bond motifs is 1. The first-order valence-electron chi connectivity index (χ1n) is 17.0. The van der Waals surface area contributed by atoms with Crippen LogP contribution >= 0.6 is 23.2 Å². The van der Waals surface area contributed by atoms with E-state index in [2.05, 4.69) is 10.2 Å². The molecule has 1 aromatic heterocycles. The lowest BCUT2D eigenvalue weighted by atomic mass is 9.94. The highest BCUT2D eigenvalue weighted by Crippen LogP contribution is 2.39. The zero-order valence-electron chi connectivity index (χ0n) is 29.6. The van der Waals surface area contributed by atoms with Crippen LogP contribution < -0.4 is 19.5 Å². The van der Waals surface area contributed by atoms with Crippen molar-refractivity contribution in [3.8, 4) is 17.2 Å². The largest absolute Gasteiger partial charge is 0.493 e. The highest BCUT2D eigenvalue weighted by atomic mass is 35.5. The van der Waals surface area contributed by atoms with E-state index in [1.54, 1.807) is 30.1 Å². The number of carbonyl (C=O) groups excluding carboxylic acids is 1. The second-order valence-corrected chi connectivity index (χ2v) is 13.6. The average Bonchev–Trinajstić information content (AvgIpc) is 3.48. The number of ether oxygens (including phenoxy) is 4. The summed E-state index contributed by atoms with van der Waals surface area (Å²) in [6.45, 7) is 1.75. The zero-order chi connectivity index (χ0) is 37.4. The van der Waals surface area contributed by atoms with Crippen LogP contribution in [0.3, 0.4) is 0 Å². The number of aromatic nitrogens is 2. The molecule has 10 nitrogen and oxygen atoms in total. The fourth-order valence-corrected chi connectivity index (χ4v) is 6.85. The predicted molar refractivity (Wildman–Crippen MR) is 197 cm³/mol. The molecule has 1 N–H and O–H groups in total. The minimum absolute atomic E-state index is 0.0407. The SMILES string of the molecule is COc1cc(C(=O)N(C)CC(CCN2CCC(Nc3nc4ccccc4n3CCOCC(F)(F)F)CC2)c2ccc(Cl)c(Cl)c2)cc(OC)c1OC. The van der Waals surface area contributed by atoms with Crippen molar-refractivity contribution in [2.75, 3.05) is 73.1 Å². The summed E-state index contributed by atoms with van der Waals surface area (Å²) in [5, 5.41) is 4.46. The number of halogens is 5. The Hall–Kier alpha value is -3.91. The van der Waals surface area contributed by atoms with Crippen LogP contribution in [0.1, 0.15) is 41.1 Å². The van der Waals surface area contributed by atoms with Gasteiger partial charge in [-0.05, 0) is 67.8 Å².